The van der Waals surface area contributed by atoms with Crippen LogP contribution in [-0.4, -0.2) is 0 Å². The maximum absolute atomic E-state index is 5.13. The molecule has 0 aliphatic heterocycles. The van der Waals surface area contributed by atoms with Crippen molar-refractivity contribution in [2.24, 2.45) is 0 Å². The van der Waals surface area contributed by atoms with Gasteiger partial charge in [-0.25, -0.2) is 0 Å². The third kappa shape index (κ3) is 5.92. The van der Waals surface area contributed by atoms with E-state index >= 15 is 0 Å². The molecule has 0 unspecified atom stereocenters. The van der Waals surface area contributed by atoms with Crippen LogP contribution in [0.1, 0.15) is 25.3 Å². The minimum absolute atomic E-state index is 0. The van der Waals surface area contributed by atoms with Crippen molar-refractivity contribution >= 4 is 24.8 Å². The zero-order valence-electron chi connectivity index (χ0n) is 8.16. The van der Waals surface area contributed by atoms with Gasteiger partial charge in [0.05, 0.1) is 0 Å². The molecule has 4 heteroatoms. The third-order valence-corrected chi connectivity index (χ3v) is 2.20. The van der Waals surface area contributed by atoms with Gasteiger partial charge in [0.1, 0.15) is 0 Å². The number of hydrogen-bond donors (Lipinski definition) is 0. The fraction of sp³-hybridized carbons (Fsp3) is 0.400. The maximum atomic E-state index is 5.13. The summed E-state index contributed by atoms with van der Waals surface area (Å²) in [7, 11) is 0. The summed E-state index contributed by atoms with van der Waals surface area (Å²) < 4.78 is 5.13. The van der Waals surface area contributed by atoms with Gasteiger partial charge in [0.15, 0.2) is 0 Å². The molecule has 14 heavy (non-hydrogen) atoms. The molecule has 0 aliphatic rings. The molecule has 0 aromatic heterocycles. The van der Waals surface area contributed by atoms with Crippen molar-refractivity contribution in [1.29, 1.82) is 0 Å². The Morgan fingerprint density at radius 1 is 1.29 bits per heavy atom. The van der Waals surface area contributed by atoms with Crippen LogP contribution in [0.2, 0.25) is 0 Å². The molecule has 0 fully saturated rings. The van der Waals surface area contributed by atoms with Gasteiger partial charge in [-0.1, -0.05) is 0 Å². The van der Waals surface area contributed by atoms with Gasteiger partial charge in [0, 0.05) is 0 Å². The van der Waals surface area contributed by atoms with Gasteiger partial charge >= 0.3 is 85.9 Å². The van der Waals surface area contributed by atoms with E-state index in [0.29, 0.717) is 0 Å². The Bertz CT molecular complexity index is 243. The minimum atomic E-state index is 0. The second-order valence-corrected chi connectivity index (χ2v) is 3.17. The van der Waals surface area contributed by atoms with E-state index in [1.807, 2.05) is 12.1 Å². The molecule has 1 nitrogen and oxygen atoms in total. The average molecular weight is 270 g/mol. The topological polar surface area (TPSA) is 9.23 Å². The van der Waals surface area contributed by atoms with Gasteiger partial charge in [-0.05, 0) is 0 Å². The van der Waals surface area contributed by atoms with Crippen LogP contribution in [0.15, 0.2) is 24.3 Å². The molecule has 1 aromatic rings. The molecule has 1 rings (SSSR count). The molecule has 0 bridgehead atoms. The normalized spacial score (nSPS) is 8.29. The van der Waals surface area contributed by atoms with E-state index in [9.17, 15) is 0 Å². The fourth-order valence-electron chi connectivity index (χ4n) is 1.15. The standard InChI is InChI=1S/C10H14O.2ClH.Ti/c1-2-3-5-9-6-4-7-10(11)8-9;;;/h4,6-8,11H,2-3,5H2,1H3;2*1H;/q;;;+1/p-1. The van der Waals surface area contributed by atoms with Crippen molar-refractivity contribution in [3.63, 3.8) is 0 Å². The zero-order chi connectivity index (χ0) is 8.81. The fourth-order valence-corrected chi connectivity index (χ4v) is 1.34. The number of benzene rings is 1. The second kappa shape index (κ2) is 9.85. The Hall–Kier alpha value is 0.314. The molecule has 0 saturated carbocycles. The molecule has 0 N–H and O–H groups in total. The Morgan fingerprint density at radius 2 is 2.00 bits per heavy atom. The van der Waals surface area contributed by atoms with Gasteiger partial charge in [0.2, 0.25) is 0 Å². The van der Waals surface area contributed by atoms with E-state index in [0.717, 1.165) is 12.2 Å². The first kappa shape index (κ1) is 16.7. The zero-order valence-corrected chi connectivity index (χ0v) is 11.4. The average Bonchev–Trinajstić information content (AvgIpc) is 2.15. The van der Waals surface area contributed by atoms with Crippen LogP contribution in [0.3, 0.4) is 0 Å². The molecule has 0 amide bonds. The summed E-state index contributed by atoms with van der Waals surface area (Å²) in [4.78, 5) is 0. The number of aryl methyl sites for hydroxylation is 1. The summed E-state index contributed by atoms with van der Waals surface area (Å²) in [5.74, 6) is 0.962. The molecule has 0 atom stereocenters. The molecule has 0 aliphatic carbocycles. The van der Waals surface area contributed by atoms with E-state index < -0.39 is 0 Å². The Kier molecular flexibility index (Phi) is 11.8. The third-order valence-electron chi connectivity index (χ3n) is 1.84. The predicted octanol–water partition coefficient (Wildman–Crippen LogP) is 3.71. The van der Waals surface area contributed by atoms with E-state index in [4.69, 9.17) is 3.32 Å². The minimum Gasteiger partial charge on any atom is -0.147 e. The molecule has 0 radical (unpaired) electrons. The maximum Gasteiger partial charge on any atom is -0.147 e. The van der Waals surface area contributed by atoms with E-state index in [1.54, 1.807) is 20.8 Å². The molecule has 0 saturated heterocycles. The van der Waals surface area contributed by atoms with Crippen molar-refractivity contribution in [3.8, 4) is 5.75 Å². The first-order valence-electron chi connectivity index (χ1n) is 4.29. The Labute approximate surface area is 110 Å². The van der Waals surface area contributed by atoms with Crippen molar-refractivity contribution in [2.75, 3.05) is 0 Å². The summed E-state index contributed by atoms with van der Waals surface area (Å²) in [6.07, 6.45) is 3.66. The monoisotopic (exact) mass is 269 g/mol. The largest absolute Gasteiger partial charge is 0.147 e. The first-order chi connectivity index (χ1) is 5.86. The van der Waals surface area contributed by atoms with Gasteiger partial charge in [-0.3, -0.25) is 0 Å². The van der Waals surface area contributed by atoms with Crippen LogP contribution >= 0.6 is 24.8 Å². The number of hydrogen-bond acceptors (Lipinski definition) is 1. The Morgan fingerprint density at radius 3 is 2.57 bits per heavy atom. The number of rotatable bonds is 4. The smallest absolute Gasteiger partial charge is 0.147 e. The summed E-state index contributed by atoms with van der Waals surface area (Å²) in [6, 6.07) is 8.28. The van der Waals surface area contributed by atoms with E-state index in [-0.39, 0.29) is 24.8 Å². The quantitative estimate of drug-likeness (QED) is 0.758. The van der Waals surface area contributed by atoms with Crippen LogP contribution in [0.4, 0.5) is 0 Å². The first-order valence-corrected chi connectivity index (χ1v) is 4.93. The van der Waals surface area contributed by atoms with Gasteiger partial charge in [-0.2, -0.15) is 0 Å². The molecule has 79 valence electrons. The van der Waals surface area contributed by atoms with E-state index in [2.05, 4.69) is 19.1 Å². The van der Waals surface area contributed by atoms with Gasteiger partial charge < -0.3 is 0 Å². The molecular weight excluding hydrogens is 255 g/mol. The summed E-state index contributed by atoms with van der Waals surface area (Å²) in [6.45, 7) is 2.21. The van der Waals surface area contributed by atoms with Crippen molar-refractivity contribution in [3.05, 3.63) is 29.8 Å². The van der Waals surface area contributed by atoms with Crippen LogP contribution in [-0.2, 0) is 27.2 Å². The molecule has 0 heterocycles. The van der Waals surface area contributed by atoms with Crippen LogP contribution in [0.5, 0.6) is 5.75 Å². The molecule has 1 aromatic carbocycles. The van der Waals surface area contributed by atoms with Crippen LogP contribution in [0.25, 0.3) is 0 Å². The van der Waals surface area contributed by atoms with Crippen LogP contribution in [0, 0.1) is 0 Å². The van der Waals surface area contributed by atoms with Crippen LogP contribution < -0.4 is 3.32 Å². The summed E-state index contributed by atoms with van der Waals surface area (Å²) in [5, 5.41) is 0. The summed E-state index contributed by atoms with van der Waals surface area (Å²) in [5.41, 5.74) is 1.37. The SMILES string of the molecule is CCCCc1cccc([O][Ti])c1.Cl.Cl. The number of unbranched alkanes of at least 4 members (excludes halogenated alkanes) is 1. The summed E-state index contributed by atoms with van der Waals surface area (Å²) >= 11 is 1.71. The Balaban J connectivity index is 0. The molecular formula is C10H15Cl2OTi. The van der Waals surface area contributed by atoms with Gasteiger partial charge in [0.25, 0.3) is 0 Å². The van der Waals surface area contributed by atoms with Crippen molar-refractivity contribution < 1.29 is 24.1 Å². The van der Waals surface area contributed by atoms with Gasteiger partial charge in [-0.15, -0.1) is 24.8 Å². The van der Waals surface area contributed by atoms with Crippen molar-refractivity contribution in [1.82, 2.24) is 0 Å². The second-order valence-electron chi connectivity index (χ2n) is 2.85. The molecule has 0 spiro atoms. The van der Waals surface area contributed by atoms with E-state index in [1.165, 1.54) is 18.4 Å². The van der Waals surface area contributed by atoms with Crippen molar-refractivity contribution in [2.45, 2.75) is 26.2 Å². The predicted molar refractivity (Wildman–Crippen MR) is 60.2 cm³/mol. The number of halogens is 2.